The summed E-state index contributed by atoms with van der Waals surface area (Å²) < 4.78 is 21.4. The molecule has 10 nitrogen and oxygen atoms in total. The second kappa shape index (κ2) is 15.4. The number of esters is 1. The van der Waals surface area contributed by atoms with Crippen molar-refractivity contribution in [1.29, 1.82) is 0 Å². The van der Waals surface area contributed by atoms with Gasteiger partial charge in [-0.2, -0.15) is 11.8 Å². The van der Waals surface area contributed by atoms with Gasteiger partial charge in [0.1, 0.15) is 5.60 Å². The molecule has 3 atom stereocenters. The van der Waals surface area contributed by atoms with Gasteiger partial charge in [-0.3, -0.25) is 9.59 Å². The lowest BCUT2D eigenvalue weighted by Crippen LogP contribution is -2.36. The molecule has 0 aromatic heterocycles. The topological polar surface area (TPSA) is 124 Å². The highest BCUT2D eigenvalue weighted by Gasteiger charge is 2.42. The first kappa shape index (κ1) is 28.7. The van der Waals surface area contributed by atoms with Gasteiger partial charge in [0.15, 0.2) is 0 Å². The van der Waals surface area contributed by atoms with Crippen molar-refractivity contribution in [2.24, 2.45) is 0 Å². The molecule has 0 aromatic rings. The van der Waals surface area contributed by atoms with Crippen LogP contribution in [0.25, 0.3) is 0 Å². The Hall–Kier alpha value is -1.56. The molecule has 196 valence electrons. The highest BCUT2D eigenvalue weighted by Crippen LogP contribution is 2.33. The molecule has 2 aliphatic heterocycles. The van der Waals surface area contributed by atoms with Crippen molar-refractivity contribution in [2.45, 2.75) is 75.8 Å². The fraction of sp³-hybridized carbons (Fsp3) is 0.870. The summed E-state index contributed by atoms with van der Waals surface area (Å²) in [5.41, 5.74) is -0.475. The summed E-state index contributed by atoms with van der Waals surface area (Å²) in [6.07, 6.45) is 3.56. The van der Waals surface area contributed by atoms with Gasteiger partial charge in [0.05, 0.1) is 58.1 Å². The maximum Gasteiger partial charge on any atom is 0.315 e. The second-order valence-corrected chi connectivity index (χ2v) is 10.7. The highest BCUT2D eigenvalue weighted by atomic mass is 32.2. The van der Waals surface area contributed by atoms with Crippen LogP contribution in [0.5, 0.6) is 0 Å². The fourth-order valence-electron chi connectivity index (χ4n) is 3.72. The largest absolute Gasteiger partial charge is 0.460 e. The Labute approximate surface area is 206 Å². The standard InChI is InChI=1S/C23H41N3O7S/c1-23(2,3)33-20(28)8-10-30-12-14-32-15-13-31-11-9-24-19(27)7-5-4-6-18-21-17(16-34-18)25-22(29)26-21/h17-18,21H,4-16H2,1-3H3,(H,24,27)(H2,25,26,29)/t17-,18-,21-/m0/s1. The number of ether oxygens (including phenoxy) is 4. The number of rotatable bonds is 17. The van der Waals surface area contributed by atoms with E-state index in [9.17, 15) is 14.4 Å². The van der Waals surface area contributed by atoms with Crippen LogP contribution < -0.4 is 16.0 Å². The van der Waals surface area contributed by atoms with E-state index in [1.165, 1.54) is 0 Å². The van der Waals surface area contributed by atoms with E-state index >= 15 is 0 Å². The Morgan fingerprint density at radius 1 is 0.971 bits per heavy atom. The van der Waals surface area contributed by atoms with E-state index in [2.05, 4.69) is 16.0 Å². The minimum absolute atomic E-state index is 0.0381. The lowest BCUT2D eigenvalue weighted by molar-refractivity contribution is -0.156. The molecule has 0 spiro atoms. The van der Waals surface area contributed by atoms with E-state index in [1.54, 1.807) is 0 Å². The molecule has 3 amide bonds. The number of fused-ring (bicyclic) bond motifs is 1. The van der Waals surface area contributed by atoms with Crippen molar-refractivity contribution < 1.29 is 33.3 Å². The van der Waals surface area contributed by atoms with E-state index in [1.807, 2.05) is 32.5 Å². The minimum Gasteiger partial charge on any atom is -0.460 e. The fourth-order valence-corrected chi connectivity index (χ4v) is 5.26. The van der Waals surface area contributed by atoms with Crippen LogP contribution in [0.2, 0.25) is 0 Å². The minimum atomic E-state index is -0.475. The van der Waals surface area contributed by atoms with Crippen LogP contribution in [0.4, 0.5) is 4.79 Å². The van der Waals surface area contributed by atoms with Gasteiger partial charge < -0.3 is 34.9 Å². The summed E-state index contributed by atoms with van der Waals surface area (Å²) in [7, 11) is 0. The van der Waals surface area contributed by atoms with Crippen molar-refractivity contribution in [2.75, 3.05) is 51.9 Å². The van der Waals surface area contributed by atoms with Crippen molar-refractivity contribution in [3.05, 3.63) is 0 Å². The van der Waals surface area contributed by atoms with Crippen molar-refractivity contribution >= 4 is 29.7 Å². The van der Waals surface area contributed by atoms with E-state index in [-0.39, 0.29) is 36.4 Å². The number of urea groups is 1. The van der Waals surface area contributed by atoms with Crippen LogP contribution in [0.1, 0.15) is 52.9 Å². The first-order valence-corrected chi connectivity index (χ1v) is 13.2. The van der Waals surface area contributed by atoms with Crippen molar-refractivity contribution in [1.82, 2.24) is 16.0 Å². The Balaban J connectivity index is 1.31. The molecule has 34 heavy (non-hydrogen) atoms. The summed E-state index contributed by atoms with van der Waals surface area (Å²) >= 11 is 1.90. The first-order chi connectivity index (χ1) is 16.2. The molecular weight excluding hydrogens is 462 g/mol. The van der Waals surface area contributed by atoms with Crippen LogP contribution in [0, 0.1) is 0 Å². The number of nitrogens with one attached hydrogen (secondary N) is 3. The predicted octanol–water partition coefficient (Wildman–Crippen LogP) is 1.61. The zero-order chi connectivity index (χ0) is 24.8. The summed E-state index contributed by atoms with van der Waals surface area (Å²) in [6, 6.07) is 0.416. The molecule has 11 heteroatoms. The SMILES string of the molecule is CC(C)(C)OC(=O)CCOCCOCCOCCNC(=O)CCCC[C@@H]1SC[C@@H]2NC(=O)N[C@@H]21. The number of carbonyl (C=O) groups excluding carboxylic acids is 3. The highest BCUT2D eigenvalue weighted by molar-refractivity contribution is 8.00. The molecule has 0 bridgehead atoms. The van der Waals surface area contributed by atoms with Crippen LogP contribution in [-0.4, -0.2) is 92.8 Å². The zero-order valence-corrected chi connectivity index (χ0v) is 21.5. The average Bonchev–Trinajstić information content (AvgIpc) is 3.30. The molecule has 0 aromatic carbocycles. The second-order valence-electron chi connectivity index (χ2n) is 9.39. The third-order valence-corrected chi connectivity index (χ3v) is 6.77. The van der Waals surface area contributed by atoms with E-state index in [0.717, 1.165) is 25.0 Å². The molecule has 2 saturated heterocycles. The van der Waals surface area contributed by atoms with Crippen LogP contribution in [0.15, 0.2) is 0 Å². The lowest BCUT2D eigenvalue weighted by atomic mass is 10.0. The Kier molecular flexibility index (Phi) is 13.0. The molecule has 2 heterocycles. The third kappa shape index (κ3) is 12.2. The van der Waals surface area contributed by atoms with Gasteiger partial charge in [0, 0.05) is 24.0 Å². The van der Waals surface area contributed by atoms with Gasteiger partial charge in [-0.1, -0.05) is 6.42 Å². The van der Waals surface area contributed by atoms with Crippen LogP contribution in [0.3, 0.4) is 0 Å². The Morgan fingerprint density at radius 3 is 2.35 bits per heavy atom. The average molecular weight is 504 g/mol. The predicted molar refractivity (Wildman–Crippen MR) is 130 cm³/mol. The molecule has 0 saturated carbocycles. The van der Waals surface area contributed by atoms with E-state index < -0.39 is 5.60 Å². The molecule has 0 radical (unpaired) electrons. The Bertz CT molecular complexity index is 645. The van der Waals surface area contributed by atoms with E-state index in [4.69, 9.17) is 18.9 Å². The number of hydrogen-bond donors (Lipinski definition) is 3. The van der Waals surface area contributed by atoms with Gasteiger partial charge >= 0.3 is 12.0 Å². The van der Waals surface area contributed by atoms with Gasteiger partial charge in [-0.05, 0) is 33.6 Å². The maximum absolute atomic E-state index is 11.9. The molecule has 0 aliphatic carbocycles. The molecular formula is C23H41N3O7S. The Morgan fingerprint density at radius 2 is 1.65 bits per heavy atom. The molecule has 0 unspecified atom stereocenters. The molecule has 2 fully saturated rings. The number of hydrogen-bond acceptors (Lipinski definition) is 8. The normalized spacial score (nSPS) is 21.6. The first-order valence-electron chi connectivity index (χ1n) is 12.1. The summed E-state index contributed by atoms with van der Waals surface area (Å²) in [6.45, 7) is 8.45. The van der Waals surface area contributed by atoms with Crippen molar-refractivity contribution in [3.8, 4) is 0 Å². The summed E-state index contributed by atoms with van der Waals surface area (Å²) in [5, 5.41) is 9.24. The van der Waals surface area contributed by atoms with Crippen LogP contribution in [-0.2, 0) is 28.5 Å². The third-order valence-electron chi connectivity index (χ3n) is 5.26. The van der Waals surface area contributed by atoms with Crippen LogP contribution >= 0.6 is 11.8 Å². The molecule has 3 N–H and O–H groups in total. The smallest absolute Gasteiger partial charge is 0.315 e. The lowest BCUT2D eigenvalue weighted by Gasteiger charge is -2.19. The monoisotopic (exact) mass is 503 g/mol. The maximum atomic E-state index is 11.9. The van der Waals surface area contributed by atoms with Crippen molar-refractivity contribution in [3.63, 3.8) is 0 Å². The quantitative estimate of drug-likeness (QED) is 0.155. The van der Waals surface area contributed by atoms with Gasteiger partial charge in [-0.25, -0.2) is 4.79 Å². The molecule has 2 aliphatic rings. The summed E-state index contributed by atoms with van der Waals surface area (Å²) in [4.78, 5) is 34.9. The number of unbranched alkanes of at least 4 members (excludes halogenated alkanes) is 1. The summed E-state index contributed by atoms with van der Waals surface area (Å²) in [5.74, 6) is 0.729. The van der Waals surface area contributed by atoms with Gasteiger partial charge in [0.25, 0.3) is 0 Å². The van der Waals surface area contributed by atoms with Gasteiger partial charge in [-0.15, -0.1) is 0 Å². The zero-order valence-electron chi connectivity index (χ0n) is 20.7. The molecule has 2 rings (SSSR count). The van der Waals surface area contributed by atoms with E-state index in [0.29, 0.717) is 57.9 Å². The number of amides is 3. The number of thioether (sulfide) groups is 1. The number of carbonyl (C=O) groups is 3. The van der Waals surface area contributed by atoms with Gasteiger partial charge in [0.2, 0.25) is 5.91 Å².